The average molecular weight is 303 g/mol. The van der Waals surface area contributed by atoms with E-state index in [1.165, 1.54) is 0 Å². The third-order valence-electron chi connectivity index (χ3n) is 3.30. The highest BCUT2D eigenvalue weighted by Gasteiger charge is 2.15. The molecule has 0 amide bonds. The molecule has 0 unspecified atom stereocenters. The number of aryl methyl sites for hydroxylation is 2. The Bertz CT molecular complexity index is 675. The molecule has 0 atom stereocenters. The quantitative estimate of drug-likeness (QED) is 0.745. The van der Waals surface area contributed by atoms with E-state index in [9.17, 15) is 4.79 Å². The maximum atomic E-state index is 12.6. The van der Waals surface area contributed by atoms with Crippen molar-refractivity contribution in [3.63, 3.8) is 0 Å². The molecule has 0 aromatic heterocycles. The maximum Gasteiger partial charge on any atom is 0.194 e. The van der Waals surface area contributed by atoms with Gasteiger partial charge in [-0.1, -0.05) is 23.7 Å². The van der Waals surface area contributed by atoms with E-state index in [4.69, 9.17) is 16.3 Å². The fourth-order valence-electron chi connectivity index (χ4n) is 2.09. The zero-order valence-corrected chi connectivity index (χ0v) is 13.5. The molecule has 0 aliphatic heterocycles. The minimum absolute atomic E-state index is 0.0700. The third kappa shape index (κ3) is 3.64. The van der Waals surface area contributed by atoms with Gasteiger partial charge in [0.05, 0.1) is 11.1 Å². The average Bonchev–Trinajstić information content (AvgIpc) is 2.41. The van der Waals surface area contributed by atoms with Crippen molar-refractivity contribution < 1.29 is 9.53 Å². The second kappa shape index (κ2) is 6.31. The van der Waals surface area contributed by atoms with Gasteiger partial charge >= 0.3 is 0 Å². The highest BCUT2D eigenvalue weighted by Crippen LogP contribution is 2.25. The summed E-state index contributed by atoms with van der Waals surface area (Å²) in [5.74, 6) is 0.605. The molecule has 0 saturated heterocycles. The molecule has 0 aliphatic carbocycles. The van der Waals surface area contributed by atoms with Crippen molar-refractivity contribution >= 4 is 17.4 Å². The van der Waals surface area contributed by atoms with E-state index < -0.39 is 0 Å². The Labute approximate surface area is 130 Å². The molecule has 0 bridgehead atoms. The number of carbonyl (C=O) groups is 1. The molecule has 2 rings (SSSR count). The smallest absolute Gasteiger partial charge is 0.194 e. The van der Waals surface area contributed by atoms with E-state index in [0.29, 0.717) is 21.9 Å². The Balaban J connectivity index is 2.38. The first-order chi connectivity index (χ1) is 9.88. The number of ether oxygens (including phenoxy) is 1. The van der Waals surface area contributed by atoms with Gasteiger partial charge < -0.3 is 4.74 Å². The van der Waals surface area contributed by atoms with Crippen LogP contribution in [0.5, 0.6) is 5.75 Å². The molecular weight excluding hydrogens is 284 g/mol. The van der Waals surface area contributed by atoms with Gasteiger partial charge in [0.25, 0.3) is 0 Å². The summed E-state index contributed by atoms with van der Waals surface area (Å²) in [5.41, 5.74) is 3.24. The fraction of sp³-hybridized carbons (Fsp3) is 0.278. The molecule has 2 aromatic rings. The molecule has 3 heteroatoms. The first kappa shape index (κ1) is 15.6. The Morgan fingerprint density at radius 2 is 1.76 bits per heavy atom. The van der Waals surface area contributed by atoms with Crippen molar-refractivity contribution in [1.29, 1.82) is 0 Å². The summed E-state index contributed by atoms with van der Waals surface area (Å²) in [6.07, 6.45) is 0.0700. The zero-order chi connectivity index (χ0) is 15.6. The van der Waals surface area contributed by atoms with Gasteiger partial charge in [-0.05, 0) is 63.1 Å². The monoisotopic (exact) mass is 302 g/mol. The van der Waals surface area contributed by atoms with Crippen LogP contribution >= 0.6 is 11.6 Å². The van der Waals surface area contributed by atoms with Crippen LogP contribution in [0.2, 0.25) is 5.02 Å². The highest BCUT2D eigenvalue weighted by atomic mass is 35.5. The van der Waals surface area contributed by atoms with E-state index in [1.54, 1.807) is 12.1 Å². The van der Waals surface area contributed by atoms with Gasteiger partial charge in [-0.2, -0.15) is 0 Å². The molecule has 110 valence electrons. The summed E-state index contributed by atoms with van der Waals surface area (Å²) in [6.45, 7) is 7.86. The Morgan fingerprint density at radius 1 is 1.10 bits per heavy atom. The van der Waals surface area contributed by atoms with Crippen LogP contribution in [0.1, 0.15) is 40.9 Å². The third-order valence-corrected chi connectivity index (χ3v) is 3.61. The van der Waals surface area contributed by atoms with Gasteiger partial charge in [0.2, 0.25) is 0 Å². The molecular formula is C18H19ClO2. The summed E-state index contributed by atoms with van der Waals surface area (Å²) in [5, 5.41) is 0.485. The van der Waals surface area contributed by atoms with Gasteiger partial charge in [0.1, 0.15) is 5.75 Å². The molecule has 0 fully saturated rings. The Hall–Kier alpha value is -1.80. The van der Waals surface area contributed by atoms with E-state index in [2.05, 4.69) is 0 Å². The van der Waals surface area contributed by atoms with Crippen LogP contribution in [0.25, 0.3) is 0 Å². The van der Waals surface area contributed by atoms with Crippen LogP contribution in [-0.4, -0.2) is 11.9 Å². The summed E-state index contributed by atoms with van der Waals surface area (Å²) in [6, 6.07) is 10.9. The lowest BCUT2D eigenvalue weighted by molar-refractivity contribution is 0.103. The van der Waals surface area contributed by atoms with Gasteiger partial charge in [0.15, 0.2) is 5.78 Å². The van der Waals surface area contributed by atoms with Crippen molar-refractivity contribution in [2.45, 2.75) is 33.8 Å². The zero-order valence-electron chi connectivity index (χ0n) is 12.7. The SMILES string of the molecule is Cc1cc(Cl)c(C(=O)c2cccc(OC(C)C)c2)cc1C. The molecule has 0 aliphatic rings. The number of ketones is 1. The number of hydrogen-bond acceptors (Lipinski definition) is 2. The van der Waals surface area contributed by atoms with E-state index in [1.807, 2.05) is 52.0 Å². The van der Waals surface area contributed by atoms with Crippen LogP contribution in [-0.2, 0) is 0 Å². The lowest BCUT2D eigenvalue weighted by Crippen LogP contribution is -2.07. The molecule has 0 radical (unpaired) electrons. The van der Waals surface area contributed by atoms with Gasteiger partial charge in [-0.3, -0.25) is 4.79 Å². The molecule has 21 heavy (non-hydrogen) atoms. The Morgan fingerprint density at radius 3 is 2.43 bits per heavy atom. The van der Waals surface area contributed by atoms with Crippen LogP contribution in [0.4, 0.5) is 0 Å². The second-order valence-electron chi connectivity index (χ2n) is 5.44. The normalized spacial score (nSPS) is 10.8. The van der Waals surface area contributed by atoms with E-state index in [0.717, 1.165) is 11.1 Å². The maximum absolute atomic E-state index is 12.6. The standard InChI is InChI=1S/C18H19ClO2/c1-11(2)21-15-7-5-6-14(10-15)18(20)16-8-12(3)13(4)9-17(16)19/h5-11H,1-4H3. The van der Waals surface area contributed by atoms with Gasteiger partial charge in [-0.25, -0.2) is 0 Å². The fourth-order valence-corrected chi connectivity index (χ4v) is 2.40. The highest BCUT2D eigenvalue weighted by molar-refractivity contribution is 6.35. The van der Waals surface area contributed by atoms with Gasteiger partial charge in [0, 0.05) is 11.1 Å². The first-order valence-corrected chi connectivity index (χ1v) is 7.34. The van der Waals surface area contributed by atoms with Crippen molar-refractivity contribution in [3.8, 4) is 5.75 Å². The largest absolute Gasteiger partial charge is 0.491 e. The summed E-state index contributed by atoms with van der Waals surface area (Å²) < 4.78 is 5.63. The molecule has 0 spiro atoms. The predicted octanol–water partition coefficient (Wildman–Crippen LogP) is 4.98. The number of rotatable bonds is 4. The second-order valence-corrected chi connectivity index (χ2v) is 5.85. The molecule has 0 N–H and O–H groups in total. The summed E-state index contributed by atoms with van der Waals surface area (Å²) >= 11 is 6.22. The Kier molecular flexibility index (Phi) is 4.69. The number of benzene rings is 2. The predicted molar refractivity (Wildman–Crippen MR) is 86.6 cm³/mol. The minimum Gasteiger partial charge on any atom is -0.491 e. The lowest BCUT2D eigenvalue weighted by Gasteiger charge is -2.11. The number of hydrogen-bond donors (Lipinski definition) is 0. The van der Waals surface area contributed by atoms with Crippen LogP contribution < -0.4 is 4.74 Å². The minimum atomic E-state index is -0.0858. The van der Waals surface area contributed by atoms with E-state index in [-0.39, 0.29) is 11.9 Å². The van der Waals surface area contributed by atoms with Crippen molar-refractivity contribution in [1.82, 2.24) is 0 Å². The molecule has 0 saturated carbocycles. The number of carbonyl (C=O) groups excluding carboxylic acids is 1. The number of halogens is 1. The molecule has 0 heterocycles. The lowest BCUT2D eigenvalue weighted by atomic mass is 9.99. The first-order valence-electron chi connectivity index (χ1n) is 6.96. The topological polar surface area (TPSA) is 26.3 Å². The molecule has 2 nitrogen and oxygen atoms in total. The summed E-state index contributed by atoms with van der Waals surface area (Å²) in [4.78, 5) is 12.6. The van der Waals surface area contributed by atoms with Crippen LogP contribution in [0.15, 0.2) is 36.4 Å². The van der Waals surface area contributed by atoms with Gasteiger partial charge in [-0.15, -0.1) is 0 Å². The van der Waals surface area contributed by atoms with Crippen LogP contribution in [0.3, 0.4) is 0 Å². The summed E-state index contributed by atoms with van der Waals surface area (Å²) in [7, 11) is 0. The molecule has 2 aromatic carbocycles. The van der Waals surface area contributed by atoms with E-state index >= 15 is 0 Å². The van der Waals surface area contributed by atoms with Crippen molar-refractivity contribution in [3.05, 3.63) is 63.7 Å². The van der Waals surface area contributed by atoms with Crippen molar-refractivity contribution in [2.24, 2.45) is 0 Å². The van der Waals surface area contributed by atoms with Crippen LogP contribution in [0, 0.1) is 13.8 Å². The van der Waals surface area contributed by atoms with Crippen molar-refractivity contribution in [2.75, 3.05) is 0 Å².